The Morgan fingerprint density at radius 1 is 1.40 bits per heavy atom. The molecule has 0 aliphatic heterocycles. The molecule has 82 valence electrons. The summed E-state index contributed by atoms with van der Waals surface area (Å²) >= 11 is 0. The number of halogens is 3. The van der Waals surface area contributed by atoms with Crippen LogP contribution < -0.4 is 5.32 Å². The average molecular weight is 217 g/mol. The van der Waals surface area contributed by atoms with Gasteiger partial charge in [-0.1, -0.05) is 0 Å². The number of aryl methyl sites for hydroxylation is 1. The van der Waals surface area contributed by atoms with Crippen LogP contribution in [0.3, 0.4) is 0 Å². The molecule has 1 heterocycles. The predicted molar refractivity (Wildman–Crippen MR) is 48.3 cm³/mol. The lowest BCUT2D eigenvalue weighted by atomic mass is 10.3. The lowest BCUT2D eigenvalue weighted by Gasteiger charge is -2.16. The second kappa shape index (κ2) is 3.36. The van der Waals surface area contributed by atoms with Gasteiger partial charge in [0, 0.05) is 11.8 Å². The number of hydrogen-bond donors (Lipinski definition) is 1. The van der Waals surface area contributed by atoms with Crippen LogP contribution in [0.25, 0.3) is 0 Å². The van der Waals surface area contributed by atoms with Gasteiger partial charge in [-0.2, -0.15) is 9.37 Å². The van der Waals surface area contributed by atoms with Gasteiger partial charge in [-0.3, -0.25) is 0 Å². The van der Waals surface area contributed by atoms with Gasteiger partial charge in [-0.15, -0.1) is 0 Å². The monoisotopic (exact) mass is 217 g/mol. The molecule has 1 N–H and O–H groups in total. The molecule has 0 unspecified atom stereocenters. The Bertz CT molecular complexity index is 357. The Labute approximate surface area is 84.7 Å². The average Bonchev–Trinajstić information content (AvgIpc) is 2.83. The van der Waals surface area contributed by atoms with Gasteiger partial charge in [0.1, 0.15) is 5.82 Å². The molecule has 0 atom stereocenters. The van der Waals surface area contributed by atoms with E-state index in [1.807, 2.05) is 0 Å². The van der Waals surface area contributed by atoms with Gasteiger partial charge in [0.2, 0.25) is 0 Å². The molecule has 3 nitrogen and oxygen atoms in total. The molecule has 0 amide bonds. The third kappa shape index (κ3) is 2.03. The lowest BCUT2D eigenvalue weighted by Crippen LogP contribution is -2.30. The molecule has 1 saturated carbocycles. The third-order valence-corrected chi connectivity index (χ3v) is 2.41. The van der Waals surface area contributed by atoms with Crippen molar-refractivity contribution in [2.75, 3.05) is 5.32 Å². The molecule has 2 rings (SSSR count). The van der Waals surface area contributed by atoms with Crippen molar-refractivity contribution in [3.8, 4) is 0 Å². The highest BCUT2D eigenvalue weighted by Gasteiger charge is 2.51. The first-order valence-electron chi connectivity index (χ1n) is 4.59. The molecule has 0 spiro atoms. The van der Waals surface area contributed by atoms with Gasteiger partial charge >= 0.3 is 6.08 Å². The number of nitrogens with zero attached hydrogens (tertiary/aromatic N) is 2. The summed E-state index contributed by atoms with van der Waals surface area (Å²) in [5, 5.41) is 2.57. The van der Waals surface area contributed by atoms with Crippen LogP contribution in [0, 0.1) is 13.0 Å². The van der Waals surface area contributed by atoms with Crippen LogP contribution in [0.2, 0.25) is 0 Å². The van der Waals surface area contributed by atoms with Crippen LogP contribution in [0.5, 0.6) is 0 Å². The van der Waals surface area contributed by atoms with E-state index in [9.17, 15) is 13.2 Å². The topological polar surface area (TPSA) is 37.8 Å². The van der Waals surface area contributed by atoms with Crippen molar-refractivity contribution < 1.29 is 13.2 Å². The van der Waals surface area contributed by atoms with E-state index in [1.54, 1.807) is 6.92 Å². The van der Waals surface area contributed by atoms with E-state index in [0.717, 1.165) is 0 Å². The maximum atomic E-state index is 12.8. The zero-order chi connectivity index (χ0) is 11.1. The van der Waals surface area contributed by atoms with Gasteiger partial charge in [0.05, 0.1) is 5.54 Å². The van der Waals surface area contributed by atoms with Gasteiger partial charge in [-0.05, 0) is 19.8 Å². The molecule has 0 aromatic carbocycles. The summed E-state index contributed by atoms with van der Waals surface area (Å²) in [5.74, 6) is 0.123. The maximum absolute atomic E-state index is 12.8. The Hall–Kier alpha value is -1.33. The first-order valence-corrected chi connectivity index (χ1v) is 4.59. The molecule has 0 saturated heterocycles. The number of alkyl halides is 2. The Morgan fingerprint density at radius 3 is 2.53 bits per heavy atom. The van der Waals surface area contributed by atoms with Crippen LogP contribution in [0.15, 0.2) is 6.07 Å². The molecule has 1 aliphatic carbocycles. The molecule has 1 aliphatic rings. The van der Waals surface area contributed by atoms with Crippen molar-refractivity contribution in [1.82, 2.24) is 9.97 Å². The van der Waals surface area contributed by atoms with Crippen molar-refractivity contribution in [2.24, 2.45) is 0 Å². The van der Waals surface area contributed by atoms with Crippen molar-refractivity contribution >= 4 is 5.82 Å². The van der Waals surface area contributed by atoms with Gasteiger partial charge in [0.25, 0.3) is 6.43 Å². The molecule has 0 bridgehead atoms. The minimum absolute atomic E-state index is 0.123. The van der Waals surface area contributed by atoms with Crippen molar-refractivity contribution in [3.63, 3.8) is 0 Å². The number of hydrogen-bond acceptors (Lipinski definition) is 3. The third-order valence-electron chi connectivity index (χ3n) is 2.41. The van der Waals surface area contributed by atoms with E-state index < -0.39 is 18.0 Å². The minimum Gasteiger partial charge on any atom is -0.359 e. The summed E-state index contributed by atoms with van der Waals surface area (Å²) in [6.07, 6.45) is -2.59. The van der Waals surface area contributed by atoms with E-state index in [1.165, 1.54) is 6.07 Å². The number of aromatic nitrogens is 2. The quantitative estimate of drug-likeness (QED) is 0.788. The number of anilines is 1. The lowest BCUT2D eigenvalue weighted by molar-refractivity contribution is 0.114. The summed E-state index contributed by atoms with van der Waals surface area (Å²) in [4.78, 5) is 6.84. The van der Waals surface area contributed by atoms with Crippen molar-refractivity contribution in [1.29, 1.82) is 0 Å². The highest BCUT2D eigenvalue weighted by atomic mass is 19.3. The largest absolute Gasteiger partial charge is 0.359 e. The van der Waals surface area contributed by atoms with Crippen molar-refractivity contribution in [3.05, 3.63) is 17.8 Å². The summed E-state index contributed by atoms with van der Waals surface area (Å²) in [6, 6.07) is 1.45. The molecule has 1 aromatic rings. The van der Waals surface area contributed by atoms with Gasteiger partial charge < -0.3 is 5.32 Å². The fourth-order valence-corrected chi connectivity index (χ4v) is 1.38. The van der Waals surface area contributed by atoms with E-state index in [4.69, 9.17) is 0 Å². The second-order valence-corrected chi connectivity index (χ2v) is 3.75. The van der Waals surface area contributed by atoms with Crippen LogP contribution in [-0.2, 0) is 0 Å². The Kier molecular flexibility index (Phi) is 2.28. The van der Waals surface area contributed by atoms with Gasteiger partial charge in [-0.25, -0.2) is 13.8 Å². The first kappa shape index (κ1) is 10.2. The molecule has 1 fully saturated rings. The molecular formula is C9H10F3N3. The standard InChI is InChI=1S/C9H10F3N3/c1-5-4-6(14-8(12)13-5)15-9(2-3-9)7(10)11/h4,7H,2-3H2,1H3,(H,13,14,15). The van der Waals surface area contributed by atoms with E-state index in [2.05, 4.69) is 15.3 Å². The summed E-state index contributed by atoms with van der Waals surface area (Å²) in [6.45, 7) is 1.58. The number of rotatable bonds is 3. The van der Waals surface area contributed by atoms with Crippen molar-refractivity contribution in [2.45, 2.75) is 31.7 Å². The smallest absolute Gasteiger partial charge is 0.310 e. The van der Waals surface area contributed by atoms with Gasteiger partial charge in [0.15, 0.2) is 0 Å². The maximum Gasteiger partial charge on any atom is 0.310 e. The first-order chi connectivity index (χ1) is 7.02. The second-order valence-electron chi connectivity index (χ2n) is 3.75. The zero-order valence-corrected chi connectivity index (χ0v) is 8.10. The van der Waals surface area contributed by atoms with E-state index >= 15 is 0 Å². The Morgan fingerprint density at radius 2 is 2.07 bits per heavy atom. The Balaban J connectivity index is 2.17. The highest BCUT2D eigenvalue weighted by Crippen LogP contribution is 2.43. The SMILES string of the molecule is Cc1cc(NC2(C(F)F)CC2)nc(F)n1. The van der Waals surface area contributed by atoms with Crippen LogP contribution >= 0.6 is 0 Å². The van der Waals surface area contributed by atoms with Crippen LogP contribution in [-0.4, -0.2) is 21.9 Å². The summed E-state index contributed by atoms with van der Waals surface area (Å²) in [5.41, 5.74) is -0.789. The number of nitrogens with one attached hydrogen (secondary N) is 1. The molecule has 0 radical (unpaired) electrons. The normalized spacial score (nSPS) is 17.9. The van der Waals surface area contributed by atoms with E-state index in [0.29, 0.717) is 18.5 Å². The fraction of sp³-hybridized carbons (Fsp3) is 0.556. The van der Waals surface area contributed by atoms with E-state index in [-0.39, 0.29) is 5.82 Å². The predicted octanol–water partition coefficient (Wildman–Crippen LogP) is 2.13. The summed E-state index contributed by atoms with van der Waals surface area (Å²) < 4.78 is 37.9. The molecular weight excluding hydrogens is 207 g/mol. The molecule has 15 heavy (non-hydrogen) atoms. The zero-order valence-electron chi connectivity index (χ0n) is 8.10. The molecule has 6 heteroatoms. The summed E-state index contributed by atoms with van der Waals surface area (Å²) in [7, 11) is 0. The van der Waals surface area contributed by atoms with Crippen LogP contribution in [0.4, 0.5) is 19.0 Å². The highest BCUT2D eigenvalue weighted by molar-refractivity contribution is 5.41. The fourth-order valence-electron chi connectivity index (χ4n) is 1.38. The molecule has 1 aromatic heterocycles. The minimum atomic E-state index is -2.46. The van der Waals surface area contributed by atoms with Crippen LogP contribution in [0.1, 0.15) is 18.5 Å².